The molecule has 3 nitrogen and oxygen atoms in total. The van der Waals surface area contributed by atoms with Crippen molar-refractivity contribution in [1.29, 1.82) is 0 Å². The van der Waals surface area contributed by atoms with Crippen LogP contribution in [-0.4, -0.2) is 15.5 Å². The van der Waals surface area contributed by atoms with Gasteiger partial charge < -0.3 is 5.32 Å². The maximum absolute atomic E-state index is 4.22. The number of pyridine rings is 2. The van der Waals surface area contributed by atoms with Gasteiger partial charge in [0.05, 0.1) is 0 Å². The van der Waals surface area contributed by atoms with E-state index in [-0.39, 0.29) is 5.54 Å². The van der Waals surface area contributed by atoms with Crippen LogP contribution in [0, 0.1) is 0 Å². The molecule has 3 heteroatoms. The summed E-state index contributed by atoms with van der Waals surface area (Å²) in [5, 5.41) is 3.73. The van der Waals surface area contributed by atoms with Crippen LogP contribution in [0.3, 0.4) is 0 Å². The largest absolute Gasteiger partial charge is 0.304 e. The first-order valence-electron chi connectivity index (χ1n) is 6.74. The van der Waals surface area contributed by atoms with E-state index in [1.54, 1.807) is 0 Å². The van der Waals surface area contributed by atoms with Crippen molar-refractivity contribution in [2.45, 2.75) is 37.8 Å². The van der Waals surface area contributed by atoms with Crippen LogP contribution in [0.4, 0.5) is 0 Å². The first-order chi connectivity index (χ1) is 9.17. The van der Waals surface area contributed by atoms with E-state index in [0.717, 1.165) is 6.42 Å². The SMILES string of the molecule is CC1(C)NC(c2cccnc2)CC1c1ccncc1. The fraction of sp³-hybridized carbons (Fsp3) is 0.375. The monoisotopic (exact) mass is 253 g/mol. The van der Waals surface area contributed by atoms with Crippen molar-refractivity contribution < 1.29 is 0 Å². The molecule has 98 valence electrons. The van der Waals surface area contributed by atoms with Crippen molar-refractivity contribution in [2.75, 3.05) is 0 Å². The molecule has 1 fully saturated rings. The van der Waals surface area contributed by atoms with Crippen molar-refractivity contribution in [1.82, 2.24) is 15.3 Å². The molecule has 1 aliphatic heterocycles. The molecule has 0 radical (unpaired) electrons. The van der Waals surface area contributed by atoms with Gasteiger partial charge in [0.1, 0.15) is 0 Å². The summed E-state index contributed by atoms with van der Waals surface area (Å²) in [6.45, 7) is 4.54. The lowest BCUT2D eigenvalue weighted by Crippen LogP contribution is -2.37. The van der Waals surface area contributed by atoms with Crippen molar-refractivity contribution in [3.05, 3.63) is 60.2 Å². The van der Waals surface area contributed by atoms with Gasteiger partial charge in [-0.1, -0.05) is 6.07 Å². The Morgan fingerprint density at radius 3 is 2.53 bits per heavy atom. The highest BCUT2D eigenvalue weighted by Gasteiger charge is 2.41. The van der Waals surface area contributed by atoms with Crippen LogP contribution in [0.15, 0.2) is 49.1 Å². The Hall–Kier alpha value is -1.74. The van der Waals surface area contributed by atoms with Gasteiger partial charge >= 0.3 is 0 Å². The molecule has 3 heterocycles. The van der Waals surface area contributed by atoms with Crippen molar-refractivity contribution in [2.24, 2.45) is 0 Å². The van der Waals surface area contributed by atoms with Gasteiger partial charge in [0, 0.05) is 42.3 Å². The molecule has 0 aliphatic carbocycles. The molecule has 2 unspecified atom stereocenters. The zero-order valence-electron chi connectivity index (χ0n) is 11.4. The maximum atomic E-state index is 4.22. The molecule has 1 saturated heterocycles. The van der Waals surface area contributed by atoms with E-state index in [9.17, 15) is 0 Å². The zero-order chi connectivity index (χ0) is 13.3. The highest BCUT2D eigenvalue weighted by Crippen LogP contribution is 2.43. The van der Waals surface area contributed by atoms with Crippen LogP contribution in [-0.2, 0) is 0 Å². The van der Waals surface area contributed by atoms with Crippen LogP contribution in [0.5, 0.6) is 0 Å². The smallest absolute Gasteiger partial charge is 0.0346 e. The summed E-state index contributed by atoms with van der Waals surface area (Å²) in [6.07, 6.45) is 8.64. The molecule has 0 aromatic carbocycles. The summed E-state index contributed by atoms with van der Waals surface area (Å²) in [6, 6.07) is 8.78. The third-order valence-corrected chi connectivity index (χ3v) is 4.08. The molecule has 2 aromatic heterocycles. The summed E-state index contributed by atoms with van der Waals surface area (Å²) in [7, 11) is 0. The summed E-state index contributed by atoms with van der Waals surface area (Å²) in [5.74, 6) is 0.501. The van der Waals surface area contributed by atoms with Gasteiger partial charge in [0.15, 0.2) is 0 Å². The molecule has 1 N–H and O–H groups in total. The summed E-state index contributed by atoms with van der Waals surface area (Å²) in [4.78, 5) is 8.34. The van der Waals surface area contributed by atoms with E-state index in [2.05, 4.69) is 47.3 Å². The normalized spacial score (nSPS) is 25.4. The lowest BCUT2D eigenvalue weighted by molar-refractivity contribution is 0.397. The minimum absolute atomic E-state index is 0.0852. The van der Waals surface area contributed by atoms with Gasteiger partial charge in [-0.05, 0) is 49.6 Å². The van der Waals surface area contributed by atoms with E-state index < -0.39 is 0 Å². The second kappa shape index (κ2) is 4.74. The number of nitrogens with zero attached hydrogens (tertiary/aromatic N) is 2. The lowest BCUT2D eigenvalue weighted by atomic mass is 9.83. The highest BCUT2D eigenvalue weighted by molar-refractivity contribution is 5.27. The predicted molar refractivity (Wildman–Crippen MR) is 75.8 cm³/mol. The molecule has 1 aliphatic rings. The van der Waals surface area contributed by atoms with Crippen LogP contribution < -0.4 is 5.32 Å². The number of rotatable bonds is 2. The Morgan fingerprint density at radius 2 is 1.84 bits per heavy atom. The fourth-order valence-electron chi connectivity index (χ4n) is 3.09. The first-order valence-corrected chi connectivity index (χ1v) is 6.74. The standard InChI is InChI=1S/C16H19N3/c1-16(2)14(12-5-8-17-9-6-12)10-15(19-16)13-4-3-7-18-11-13/h3-9,11,14-15,19H,10H2,1-2H3. The molecule has 19 heavy (non-hydrogen) atoms. The zero-order valence-corrected chi connectivity index (χ0v) is 11.4. The van der Waals surface area contributed by atoms with Gasteiger partial charge in [-0.2, -0.15) is 0 Å². The topological polar surface area (TPSA) is 37.8 Å². The van der Waals surface area contributed by atoms with Crippen molar-refractivity contribution in [3.63, 3.8) is 0 Å². The Kier molecular flexibility index (Phi) is 3.07. The Balaban J connectivity index is 1.88. The van der Waals surface area contributed by atoms with Crippen LogP contribution in [0.25, 0.3) is 0 Å². The van der Waals surface area contributed by atoms with E-state index >= 15 is 0 Å². The van der Waals surface area contributed by atoms with E-state index in [4.69, 9.17) is 0 Å². The Bertz CT molecular complexity index is 536. The molecule has 2 atom stereocenters. The number of hydrogen-bond acceptors (Lipinski definition) is 3. The second-order valence-electron chi connectivity index (χ2n) is 5.77. The van der Waals surface area contributed by atoms with E-state index in [1.807, 2.05) is 30.9 Å². The molecule has 0 bridgehead atoms. The van der Waals surface area contributed by atoms with Crippen LogP contribution in [0.2, 0.25) is 0 Å². The molecule has 0 spiro atoms. The predicted octanol–water partition coefficient (Wildman–Crippen LogP) is 3.07. The molecular weight excluding hydrogens is 234 g/mol. The minimum Gasteiger partial charge on any atom is -0.304 e. The Morgan fingerprint density at radius 1 is 1.05 bits per heavy atom. The number of hydrogen-bond donors (Lipinski definition) is 1. The van der Waals surface area contributed by atoms with Gasteiger partial charge in [-0.15, -0.1) is 0 Å². The van der Waals surface area contributed by atoms with Gasteiger partial charge in [-0.3, -0.25) is 9.97 Å². The summed E-state index contributed by atoms with van der Waals surface area (Å²) in [5.41, 5.74) is 2.72. The van der Waals surface area contributed by atoms with Crippen molar-refractivity contribution in [3.8, 4) is 0 Å². The van der Waals surface area contributed by atoms with Gasteiger partial charge in [-0.25, -0.2) is 0 Å². The molecule has 2 aromatic rings. The average molecular weight is 253 g/mol. The average Bonchev–Trinajstić information content (AvgIpc) is 2.77. The minimum atomic E-state index is 0.0852. The van der Waals surface area contributed by atoms with Crippen molar-refractivity contribution >= 4 is 0 Å². The highest BCUT2D eigenvalue weighted by atomic mass is 15.0. The second-order valence-corrected chi connectivity index (χ2v) is 5.77. The van der Waals surface area contributed by atoms with Crippen LogP contribution >= 0.6 is 0 Å². The lowest BCUT2D eigenvalue weighted by Gasteiger charge is -2.27. The molecule has 0 saturated carbocycles. The molecule has 3 rings (SSSR count). The maximum Gasteiger partial charge on any atom is 0.0346 e. The van der Waals surface area contributed by atoms with E-state index in [1.165, 1.54) is 11.1 Å². The first kappa shape index (κ1) is 12.3. The van der Waals surface area contributed by atoms with E-state index in [0.29, 0.717) is 12.0 Å². The fourth-order valence-corrected chi connectivity index (χ4v) is 3.09. The van der Waals surface area contributed by atoms with Gasteiger partial charge in [0.25, 0.3) is 0 Å². The Labute approximate surface area is 114 Å². The van der Waals surface area contributed by atoms with Gasteiger partial charge in [0.2, 0.25) is 0 Å². The van der Waals surface area contributed by atoms with Crippen LogP contribution in [0.1, 0.15) is 43.4 Å². The summed E-state index contributed by atoms with van der Waals surface area (Å²) >= 11 is 0. The summed E-state index contributed by atoms with van der Waals surface area (Å²) < 4.78 is 0. The molecular formula is C16H19N3. The molecule has 0 amide bonds. The third kappa shape index (κ3) is 2.38. The number of aromatic nitrogens is 2. The number of nitrogens with one attached hydrogen (secondary N) is 1. The quantitative estimate of drug-likeness (QED) is 0.893. The third-order valence-electron chi connectivity index (χ3n) is 4.08.